The Kier molecular flexibility index (Phi) is 4.50. The third-order valence-corrected chi connectivity index (χ3v) is 6.96. The Hall–Kier alpha value is -2.10. The second-order valence-corrected chi connectivity index (χ2v) is 8.68. The van der Waals surface area contributed by atoms with Gasteiger partial charge in [0.25, 0.3) is 0 Å². The van der Waals surface area contributed by atoms with Crippen molar-refractivity contribution >= 4 is 11.8 Å². The number of benzene rings is 2. The number of hydrogen-bond donors (Lipinski definition) is 1. The van der Waals surface area contributed by atoms with E-state index in [2.05, 4.69) is 65.4 Å². The second kappa shape index (κ2) is 7.14. The lowest BCUT2D eigenvalue weighted by Crippen LogP contribution is -2.43. The lowest BCUT2D eigenvalue weighted by Gasteiger charge is -2.26. The summed E-state index contributed by atoms with van der Waals surface area (Å²) in [4.78, 5) is 1.16. The molecule has 27 heavy (non-hydrogen) atoms. The van der Waals surface area contributed by atoms with Crippen molar-refractivity contribution in [3.63, 3.8) is 0 Å². The maximum atomic E-state index is 10.8. The first kappa shape index (κ1) is 17.0. The van der Waals surface area contributed by atoms with Crippen LogP contribution in [-0.4, -0.2) is 5.11 Å². The Morgan fingerprint density at radius 1 is 0.852 bits per heavy atom. The van der Waals surface area contributed by atoms with Gasteiger partial charge in [-0.1, -0.05) is 54.6 Å². The number of pyridine rings is 1. The van der Waals surface area contributed by atoms with E-state index in [-0.39, 0.29) is 0 Å². The normalized spacial score (nSPS) is 19.4. The predicted octanol–water partition coefficient (Wildman–Crippen LogP) is 5.91. The molecule has 2 aromatic carbocycles. The van der Waals surface area contributed by atoms with Gasteiger partial charge in [0.2, 0.25) is 5.69 Å². The Bertz CT molecular complexity index is 963. The molecule has 0 saturated heterocycles. The van der Waals surface area contributed by atoms with Crippen LogP contribution in [0.3, 0.4) is 0 Å². The first-order valence-electron chi connectivity index (χ1n) is 9.90. The summed E-state index contributed by atoms with van der Waals surface area (Å²) >= 11 is 1.55. The van der Waals surface area contributed by atoms with Crippen LogP contribution in [-0.2, 0) is 0 Å². The van der Waals surface area contributed by atoms with E-state index in [1.807, 2.05) is 6.07 Å². The number of aliphatic hydroxyl groups excluding tert-OH is 1. The summed E-state index contributed by atoms with van der Waals surface area (Å²) in [7, 11) is 0. The fourth-order valence-electron chi connectivity index (χ4n) is 4.49. The molecule has 1 aliphatic carbocycles. The van der Waals surface area contributed by atoms with Gasteiger partial charge in [0.15, 0.2) is 12.2 Å². The van der Waals surface area contributed by atoms with Gasteiger partial charge in [0, 0.05) is 34.9 Å². The summed E-state index contributed by atoms with van der Waals surface area (Å²) in [5, 5.41) is 10.8. The van der Waals surface area contributed by atoms with Crippen LogP contribution in [0.5, 0.6) is 0 Å². The van der Waals surface area contributed by atoms with Crippen molar-refractivity contribution in [3.05, 3.63) is 72.4 Å². The zero-order chi connectivity index (χ0) is 18.2. The van der Waals surface area contributed by atoms with Gasteiger partial charge in [-0.3, -0.25) is 0 Å². The molecule has 5 rings (SSSR count). The summed E-state index contributed by atoms with van der Waals surface area (Å²) in [6.45, 7) is 0. The number of rotatable bonds is 2. The number of nitrogens with zero attached hydrogens (tertiary/aromatic N) is 1. The molecular weight excluding hydrogens is 350 g/mol. The van der Waals surface area contributed by atoms with Gasteiger partial charge in [0.1, 0.15) is 5.44 Å². The topological polar surface area (TPSA) is 24.1 Å². The highest BCUT2D eigenvalue weighted by Gasteiger charge is 2.32. The molecular formula is C24H24NOS+. The first-order chi connectivity index (χ1) is 13.3. The smallest absolute Gasteiger partial charge is 0.213 e. The molecule has 1 saturated carbocycles. The molecule has 1 atom stereocenters. The molecule has 0 bridgehead atoms. The zero-order valence-corrected chi connectivity index (χ0v) is 16.2. The molecule has 3 aromatic rings. The van der Waals surface area contributed by atoms with Crippen LogP contribution in [0.4, 0.5) is 0 Å². The fraction of sp³-hybridized carbons (Fsp3) is 0.292. The van der Waals surface area contributed by atoms with E-state index in [9.17, 15) is 5.11 Å². The largest absolute Gasteiger partial charge is 0.377 e. The third kappa shape index (κ3) is 3.09. The molecule has 0 amide bonds. The standard InChI is InChI=1S/C24H24NOS/c26-24-21-16-25(18-11-5-2-6-12-18)22(17-9-3-1-4-10-17)15-20(21)19-13-7-8-14-23(19)27-24/h1,3-4,7-10,13-16,18,24,26H,2,5-6,11-12H2/q+1. The van der Waals surface area contributed by atoms with Crippen LogP contribution in [0.1, 0.15) is 49.1 Å². The van der Waals surface area contributed by atoms with E-state index in [0.717, 1.165) is 10.5 Å². The van der Waals surface area contributed by atoms with Crippen LogP contribution in [0.15, 0.2) is 71.8 Å². The molecule has 2 heterocycles. The number of fused-ring (bicyclic) bond motifs is 3. The van der Waals surface area contributed by atoms with E-state index < -0.39 is 5.44 Å². The average molecular weight is 375 g/mol. The quantitative estimate of drug-likeness (QED) is 0.564. The summed E-state index contributed by atoms with van der Waals surface area (Å²) in [6, 6.07) is 21.9. The van der Waals surface area contributed by atoms with E-state index >= 15 is 0 Å². The van der Waals surface area contributed by atoms with Crippen molar-refractivity contribution in [1.82, 2.24) is 0 Å². The summed E-state index contributed by atoms with van der Waals surface area (Å²) in [5.41, 5.74) is 5.45. The van der Waals surface area contributed by atoms with E-state index in [4.69, 9.17) is 0 Å². The third-order valence-electron chi connectivity index (χ3n) is 5.87. The molecule has 1 fully saturated rings. The van der Waals surface area contributed by atoms with Crippen molar-refractivity contribution in [1.29, 1.82) is 0 Å². The highest BCUT2D eigenvalue weighted by molar-refractivity contribution is 7.99. The van der Waals surface area contributed by atoms with E-state index in [0.29, 0.717) is 6.04 Å². The van der Waals surface area contributed by atoms with Crippen molar-refractivity contribution in [2.45, 2.75) is 48.5 Å². The van der Waals surface area contributed by atoms with Crippen molar-refractivity contribution in [2.75, 3.05) is 0 Å². The van der Waals surface area contributed by atoms with Gasteiger partial charge in [-0.2, -0.15) is 4.57 Å². The number of aromatic nitrogens is 1. The Labute approximate surface area is 164 Å². The van der Waals surface area contributed by atoms with Crippen LogP contribution in [0.25, 0.3) is 22.4 Å². The molecule has 1 unspecified atom stereocenters. The molecule has 1 aliphatic heterocycles. The fourth-order valence-corrected chi connectivity index (χ4v) is 5.51. The van der Waals surface area contributed by atoms with Gasteiger partial charge in [-0.25, -0.2) is 0 Å². The van der Waals surface area contributed by atoms with E-state index in [1.54, 1.807) is 11.8 Å². The highest BCUT2D eigenvalue weighted by atomic mass is 32.2. The van der Waals surface area contributed by atoms with Crippen molar-refractivity contribution in [2.24, 2.45) is 0 Å². The molecule has 0 spiro atoms. The Balaban J connectivity index is 1.73. The van der Waals surface area contributed by atoms with Gasteiger partial charge in [0.05, 0.1) is 5.56 Å². The second-order valence-electron chi connectivity index (χ2n) is 7.56. The number of thioether (sulfide) groups is 1. The van der Waals surface area contributed by atoms with Crippen molar-refractivity contribution < 1.29 is 9.67 Å². The molecule has 2 aliphatic rings. The Morgan fingerprint density at radius 2 is 1.59 bits per heavy atom. The molecule has 136 valence electrons. The van der Waals surface area contributed by atoms with Crippen LogP contribution >= 0.6 is 11.8 Å². The summed E-state index contributed by atoms with van der Waals surface area (Å²) in [5.74, 6) is 0. The molecule has 3 heteroatoms. The van der Waals surface area contributed by atoms with Gasteiger partial charge < -0.3 is 5.11 Å². The minimum absolute atomic E-state index is 0.505. The maximum Gasteiger partial charge on any atom is 0.213 e. The lowest BCUT2D eigenvalue weighted by molar-refractivity contribution is -0.715. The number of aliphatic hydroxyl groups is 1. The van der Waals surface area contributed by atoms with Crippen LogP contribution in [0, 0.1) is 0 Å². The minimum atomic E-state index is -0.505. The molecule has 1 aromatic heterocycles. The van der Waals surface area contributed by atoms with E-state index in [1.165, 1.54) is 54.5 Å². The zero-order valence-electron chi connectivity index (χ0n) is 15.3. The van der Waals surface area contributed by atoms with Gasteiger partial charge in [-0.05, 0) is 36.6 Å². The SMILES string of the molecule is OC1Sc2ccccc2-c2cc(-c3ccccc3)[n+](C3CCCCC3)cc21. The van der Waals surface area contributed by atoms with Crippen LogP contribution in [0.2, 0.25) is 0 Å². The first-order valence-corrected chi connectivity index (χ1v) is 10.8. The monoisotopic (exact) mass is 374 g/mol. The predicted molar refractivity (Wildman–Crippen MR) is 110 cm³/mol. The molecule has 1 N–H and O–H groups in total. The van der Waals surface area contributed by atoms with Gasteiger partial charge in [-0.15, -0.1) is 0 Å². The summed E-state index contributed by atoms with van der Waals surface area (Å²) < 4.78 is 2.45. The number of hydrogen-bond acceptors (Lipinski definition) is 2. The molecule has 0 radical (unpaired) electrons. The Morgan fingerprint density at radius 3 is 2.41 bits per heavy atom. The lowest BCUT2D eigenvalue weighted by atomic mass is 9.92. The minimum Gasteiger partial charge on any atom is -0.377 e. The van der Waals surface area contributed by atoms with Crippen LogP contribution < -0.4 is 4.57 Å². The van der Waals surface area contributed by atoms with Crippen molar-refractivity contribution in [3.8, 4) is 22.4 Å². The maximum absolute atomic E-state index is 10.8. The summed E-state index contributed by atoms with van der Waals surface area (Å²) in [6.07, 6.45) is 8.62. The van der Waals surface area contributed by atoms with Gasteiger partial charge >= 0.3 is 0 Å². The molecule has 2 nitrogen and oxygen atoms in total. The average Bonchev–Trinajstić information content (AvgIpc) is 2.74. The highest BCUT2D eigenvalue weighted by Crippen LogP contribution is 2.48.